The number of rotatable bonds is 4. The number of nitrogens with zero attached hydrogens (tertiary/aromatic N) is 2. The smallest absolute Gasteiger partial charge is 0.240 e. The molecule has 0 saturated heterocycles. The highest BCUT2D eigenvalue weighted by Gasteiger charge is 2.19. The molecule has 1 fully saturated rings. The third-order valence-corrected chi connectivity index (χ3v) is 4.49. The van der Waals surface area contributed by atoms with Crippen molar-refractivity contribution < 1.29 is 9.59 Å². The molecule has 1 N–H and O–H groups in total. The van der Waals surface area contributed by atoms with Gasteiger partial charge in [0.1, 0.15) is 6.54 Å². The van der Waals surface area contributed by atoms with Gasteiger partial charge in [-0.25, -0.2) is 4.98 Å². The summed E-state index contributed by atoms with van der Waals surface area (Å²) in [6.07, 6.45) is 6.97. The lowest BCUT2D eigenvalue weighted by Gasteiger charge is -2.17. The standard InChI is InChI=1S/C18H23N3O2/c1-13(22)18-20-15-10-6-7-11-16(15)21(18)12-17(23)19-14-8-4-2-3-5-9-14/h6-7,10-11,14H,2-5,8-9,12H2,1H3,(H,19,23). The highest BCUT2D eigenvalue weighted by molar-refractivity contribution is 5.95. The van der Waals surface area contributed by atoms with Crippen LogP contribution < -0.4 is 5.32 Å². The first-order valence-electron chi connectivity index (χ1n) is 8.40. The van der Waals surface area contributed by atoms with E-state index in [0.717, 1.165) is 23.9 Å². The fraction of sp³-hybridized carbons (Fsp3) is 0.500. The number of fused-ring (bicyclic) bond motifs is 1. The molecular formula is C18H23N3O2. The van der Waals surface area contributed by atoms with Crippen molar-refractivity contribution in [3.63, 3.8) is 0 Å². The molecule has 1 heterocycles. The topological polar surface area (TPSA) is 64.0 Å². The zero-order valence-electron chi connectivity index (χ0n) is 13.5. The third-order valence-electron chi connectivity index (χ3n) is 4.49. The van der Waals surface area contributed by atoms with Crippen molar-refractivity contribution >= 4 is 22.7 Å². The quantitative estimate of drug-likeness (QED) is 0.697. The second-order valence-corrected chi connectivity index (χ2v) is 6.32. The van der Waals surface area contributed by atoms with Gasteiger partial charge in [0.25, 0.3) is 0 Å². The molecule has 1 aliphatic carbocycles. The number of hydrogen-bond donors (Lipinski definition) is 1. The number of carbonyl (C=O) groups excluding carboxylic acids is 2. The first kappa shape index (κ1) is 15.7. The maximum atomic E-state index is 12.4. The zero-order chi connectivity index (χ0) is 16.2. The fourth-order valence-corrected chi connectivity index (χ4v) is 3.34. The second-order valence-electron chi connectivity index (χ2n) is 6.32. The largest absolute Gasteiger partial charge is 0.352 e. The summed E-state index contributed by atoms with van der Waals surface area (Å²) in [5.41, 5.74) is 1.58. The number of nitrogens with one attached hydrogen (secondary N) is 1. The van der Waals surface area contributed by atoms with Crippen molar-refractivity contribution in [3.05, 3.63) is 30.1 Å². The van der Waals surface area contributed by atoms with Gasteiger partial charge in [0.05, 0.1) is 11.0 Å². The summed E-state index contributed by atoms with van der Waals surface area (Å²) in [5, 5.41) is 3.13. The van der Waals surface area contributed by atoms with Crippen LogP contribution >= 0.6 is 0 Å². The summed E-state index contributed by atoms with van der Waals surface area (Å²) >= 11 is 0. The Hall–Kier alpha value is -2.17. The van der Waals surface area contributed by atoms with Crippen LogP contribution in [0.3, 0.4) is 0 Å². The van der Waals surface area contributed by atoms with E-state index in [-0.39, 0.29) is 24.3 Å². The molecule has 1 saturated carbocycles. The Morgan fingerprint density at radius 1 is 1.17 bits per heavy atom. The van der Waals surface area contributed by atoms with E-state index in [4.69, 9.17) is 0 Å². The minimum atomic E-state index is -0.122. The van der Waals surface area contributed by atoms with E-state index in [1.807, 2.05) is 24.3 Å². The lowest BCUT2D eigenvalue weighted by Crippen LogP contribution is -2.37. The van der Waals surface area contributed by atoms with E-state index in [9.17, 15) is 9.59 Å². The van der Waals surface area contributed by atoms with Crippen LogP contribution in [-0.2, 0) is 11.3 Å². The molecule has 0 atom stereocenters. The van der Waals surface area contributed by atoms with E-state index in [2.05, 4.69) is 10.3 Å². The number of carbonyl (C=O) groups is 2. The maximum absolute atomic E-state index is 12.4. The summed E-state index contributed by atoms with van der Waals surface area (Å²) in [6.45, 7) is 1.63. The van der Waals surface area contributed by atoms with Crippen LogP contribution in [0.1, 0.15) is 56.1 Å². The molecule has 122 valence electrons. The summed E-state index contributed by atoms with van der Waals surface area (Å²) in [5.74, 6) is 0.188. The van der Waals surface area contributed by atoms with E-state index in [0.29, 0.717) is 5.82 Å². The molecule has 0 bridgehead atoms. The Morgan fingerprint density at radius 3 is 2.57 bits per heavy atom. The SMILES string of the molecule is CC(=O)c1nc2ccccc2n1CC(=O)NC1CCCCCC1. The molecule has 0 spiro atoms. The van der Waals surface area contributed by atoms with Crippen LogP contribution in [0.5, 0.6) is 0 Å². The first-order chi connectivity index (χ1) is 11.1. The van der Waals surface area contributed by atoms with Gasteiger partial charge in [0.2, 0.25) is 5.91 Å². The van der Waals surface area contributed by atoms with Gasteiger partial charge in [-0.3, -0.25) is 9.59 Å². The Kier molecular flexibility index (Phi) is 4.74. The summed E-state index contributed by atoms with van der Waals surface area (Å²) in [6, 6.07) is 7.80. The molecule has 0 aliphatic heterocycles. The number of ketones is 1. The molecule has 3 rings (SSSR count). The van der Waals surface area contributed by atoms with Crippen molar-refractivity contribution in [2.75, 3.05) is 0 Å². The predicted octanol–water partition coefficient (Wildman–Crippen LogP) is 3.08. The van der Waals surface area contributed by atoms with Crippen molar-refractivity contribution in [2.45, 2.75) is 58.0 Å². The van der Waals surface area contributed by atoms with E-state index in [1.54, 1.807) is 4.57 Å². The second kappa shape index (κ2) is 6.94. The Labute approximate surface area is 136 Å². The van der Waals surface area contributed by atoms with Gasteiger partial charge in [-0.15, -0.1) is 0 Å². The van der Waals surface area contributed by atoms with Gasteiger partial charge >= 0.3 is 0 Å². The highest BCUT2D eigenvalue weighted by atomic mass is 16.2. The van der Waals surface area contributed by atoms with Crippen LogP contribution in [-0.4, -0.2) is 27.3 Å². The number of benzene rings is 1. The molecule has 1 amide bonds. The number of para-hydroxylation sites is 2. The molecule has 1 aromatic heterocycles. The van der Waals surface area contributed by atoms with Gasteiger partial charge < -0.3 is 9.88 Å². The van der Waals surface area contributed by atoms with Crippen LogP contribution in [0.4, 0.5) is 0 Å². The molecular weight excluding hydrogens is 290 g/mol. The molecule has 0 radical (unpaired) electrons. The Morgan fingerprint density at radius 2 is 1.87 bits per heavy atom. The monoisotopic (exact) mass is 313 g/mol. The number of aromatic nitrogens is 2. The van der Waals surface area contributed by atoms with Crippen molar-refractivity contribution in [3.8, 4) is 0 Å². The van der Waals surface area contributed by atoms with E-state index in [1.165, 1.54) is 32.6 Å². The normalized spacial score (nSPS) is 16.2. The van der Waals surface area contributed by atoms with Crippen LogP contribution in [0.15, 0.2) is 24.3 Å². The molecule has 5 nitrogen and oxygen atoms in total. The number of Topliss-reactive ketones (excluding diaryl/α,β-unsaturated/α-hetero) is 1. The zero-order valence-corrected chi connectivity index (χ0v) is 13.5. The van der Waals surface area contributed by atoms with E-state index < -0.39 is 0 Å². The number of imidazole rings is 1. The molecule has 5 heteroatoms. The first-order valence-corrected chi connectivity index (χ1v) is 8.40. The fourth-order valence-electron chi connectivity index (χ4n) is 3.34. The predicted molar refractivity (Wildman–Crippen MR) is 89.4 cm³/mol. The maximum Gasteiger partial charge on any atom is 0.240 e. The lowest BCUT2D eigenvalue weighted by atomic mass is 10.1. The van der Waals surface area contributed by atoms with Crippen molar-refractivity contribution in [1.82, 2.24) is 14.9 Å². The lowest BCUT2D eigenvalue weighted by molar-refractivity contribution is -0.122. The van der Waals surface area contributed by atoms with Gasteiger partial charge in [-0.1, -0.05) is 37.8 Å². The Bertz CT molecular complexity index is 712. The molecule has 1 aromatic carbocycles. The van der Waals surface area contributed by atoms with Crippen LogP contribution in [0.25, 0.3) is 11.0 Å². The van der Waals surface area contributed by atoms with Crippen LogP contribution in [0.2, 0.25) is 0 Å². The number of hydrogen-bond acceptors (Lipinski definition) is 3. The molecule has 2 aromatic rings. The molecule has 0 unspecified atom stereocenters. The third kappa shape index (κ3) is 3.60. The average molecular weight is 313 g/mol. The summed E-state index contributed by atoms with van der Waals surface area (Å²) in [4.78, 5) is 28.6. The minimum Gasteiger partial charge on any atom is -0.352 e. The van der Waals surface area contributed by atoms with Gasteiger partial charge in [0, 0.05) is 13.0 Å². The van der Waals surface area contributed by atoms with Crippen molar-refractivity contribution in [1.29, 1.82) is 0 Å². The molecule has 23 heavy (non-hydrogen) atoms. The Balaban J connectivity index is 1.78. The van der Waals surface area contributed by atoms with Crippen LogP contribution in [0, 0.1) is 0 Å². The van der Waals surface area contributed by atoms with Crippen molar-refractivity contribution in [2.24, 2.45) is 0 Å². The average Bonchev–Trinajstić information content (AvgIpc) is 2.70. The minimum absolute atomic E-state index is 0.0393. The van der Waals surface area contributed by atoms with Gasteiger partial charge in [-0.2, -0.15) is 0 Å². The summed E-state index contributed by atoms with van der Waals surface area (Å²) in [7, 11) is 0. The highest BCUT2D eigenvalue weighted by Crippen LogP contribution is 2.18. The van der Waals surface area contributed by atoms with E-state index >= 15 is 0 Å². The number of amides is 1. The molecule has 1 aliphatic rings. The van der Waals surface area contributed by atoms with Gasteiger partial charge in [0.15, 0.2) is 11.6 Å². The summed E-state index contributed by atoms with van der Waals surface area (Å²) < 4.78 is 1.73. The van der Waals surface area contributed by atoms with Gasteiger partial charge in [-0.05, 0) is 25.0 Å².